The predicted octanol–water partition coefficient (Wildman–Crippen LogP) is 1.83. The largest absolute Gasteiger partial charge is 0.271 e. The number of rotatable bonds is 4. The van der Waals surface area contributed by atoms with Gasteiger partial charge in [-0.25, -0.2) is 8.78 Å². The van der Waals surface area contributed by atoms with E-state index in [1.807, 2.05) is 0 Å². The molecule has 1 aromatic rings. The van der Waals surface area contributed by atoms with E-state index < -0.39 is 33.1 Å². The third-order valence-electron chi connectivity index (χ3n) is 1.68. The first-order valence-electron chi connectivity index (χ1n) is 4.26. The average molecular weight is 236 g/mol. The second-order valence-electron chi connectivity index (χ2n) is 2.81. The van der Waals surface area contributed by atoms with Gasteiger partial charge < -0.3 is 0 Å². The smallest absolute Gasteiger partial charge is 0.270 e. The fourth-order valence-electron chi connectivity index (χ4n) is 1.07. The molecule has 0 atom stereocenters. The molecule has 0 aliphatic carbocycles. The molecule has 0 aliphatic rings. The summed E-state index contributed by atoms with van der Waals surface area (Å²) in [4.78, 5) is 0. The Labute approximate surface area is 86.8 Å². The van der Waals surface area contributed by atoms with Crippen LogP contribution in [0.25, 0.3) is 0 Å². The predicted molar refractivity (Wildman–Crippen MR) is 50.6 cm³/mol. The summed E-state index contributed by atoms with van der Waals surface area (Å²) < 4.78 is 52.8. The van der Waals surface area contributed by atoms with Gasteiger partial charge in [-0.1, -0.05) is 6.07 Å². The molecule has 0 N–H and O–H groups in total. The summed E-state index contributed by atoms with van der Waals surface area (Å²) in [6.07, 6.45) is 0. The standard InChI is InChI=1S/C9H10F2O3S/c1-2-14-15(12,13)6-7-8(10)4-3-5-9(7)11/h3-5H,2,6H2,1H3. The van der Waals surface area contributed by atoms with Gasteiger partial charge in [0.05, 0.1) is 6.61 Å². The lowest BCUT2D eigenvalue weighted by Gasteiger charge is -2.05. The topological polar surface area (TPSA) is 43.4 Å². The maximum Gasteiger partial charge on any atom is 0.271 e. The Balaban J connectivity index is 2.99. The zero-order valence-electron chi connectivity index (χ0n) is 8.04. The number of halogens is 2. The van der Waals surface area contributed by atoms with Crippen molar-refractivity contribution in [1.82, 2.24) is 0 Å². The SMILES string of the molecule is CCOS(=O)(=O)Cc1c(F)cccc1F. The highest BCUT2D eigenvalue weighted by Crippen LogP contribution is 2.15. The van der Waals surface area contributed by atoms with E-state index in [9.17, 15) is 17.2 Å². The van der Waals surface area contributed by atoms with E-state index in [1.165, 1.54) is 13.0 Å². The fourth-order valence-corrected chi connectivity index (χ4v) is 2.14. The Kier molecular flexibility index (Phi) is 3.76. The van der Waals surface area contributed by atoms with Gasteiger partial charge in [-0.2, -0.15) is 8.42 Å². The summed E-state index contributed by atoms with van der Waals surface area (Å²) in [5.74, 6) is -2.57. The Bertz CT molecular complexity index is 422. The molecule has 3 nitrogen and oxygen atoms in total. The van der Waals surface area contributed by atoms with Crippen LogP contribution in [0.5, 0.6) is 0 Å². The van der Waals surface area contributed by atoms with E-state index in [2.05, 4.69) is 4.18 Å². The van der Waals surface area contributed by atoms with Crippen LogP contribution in [-0.2, 0) is 20.1 Å². The van der Waals surface area contributed by atoms with Crippen LogP contribution in [0.3, 0.4) is 0 Å². The van der Waals surface area contributed by atoms with Crippen molar-refractivity contribution in [2.75, 3.05) is 6.61 Å². The molecule has 0 spiro atoms. The normalized spacial score (nSPS) is 11.7. The van der Waals surface area contributed by atoms with Gasteiger partial charge in [-0.15, -0.1) is 0 Å². The molecule has 0 radical (unpaired) electrons. The molecule has 15 heavy (non-hydrogen) atoms. The Morgan fingerprint density at radius 3 is 2.27 bits per heavy atom. The summed E-state index contributed by atoms with van der Waals surface area (Å²) in [6, 6.07) is 3.17. The summed E-state index contributed by atoms with van der Waals surface area (Å²) in [6.45, 7) is 1.42. The van der Waals surface area contributed by atoms with Gasteiger partial charge in [0.1, 0.15) is 17.4 Å². The van der Waals surface area contributed by atoms with Gasteiger partial charge in [0.2, 0.25) is 0 Å². The van der Waals surface area contributed by atoms with Crippen molar-refractivity contribution in [2.24, 2.45) is 0 Å². The van der Waals surface area contributed by atoms with E-state index in [-0.39, 0.29) is 6.61 Å². The zero-order chi connectivity index (χ0) is 11.5. The Morgan fingerprint density at radius 2 is 1.80 bits per heavy atom. The van der Waals surface area contributed by atoms with Gasteiger partial charge in [0.15, 0.2) is 0 Å². The lowest BCUT2D eigenvalue weighted by atomic mass is 10.2. The fraction of sp³-hybridized carbons (Fsp3) is 0.333. The minimum absolute atomic E-state index is 0.0571. The van der Waals surface area contributed by atoms with Crippen molar-refractivity contribution < 1.29 is 21.4 Å². The van der Waals surface area contributed by atoms with E-state index in [0.717, 1.165) is 12.1 Å². The van der Waals surface area contributed by atoms with Crippen LogP contribution < -0.4 is 0 Å². The van der Waals surface area contributed by atoms with Gasteiger partial charge in [0, 0.05) is 5.56 Å². The molecule has 0 heterocycles. The molecule has 0 aliphatic heterocycles. The molecule has 6 heteroatoms. The molecular formula is C9H10F2O3S. The number of hydrogen-bond donors (Lipinski definition) is 0. The first-order chi connectivity index (χ1) is 6.96. The highest BCUT2D eigenvalue weighted by atomic mass is 32.2. The molecule has 0 amide bonds. The zero-order valence-corrected chi connectivity index (χ0v) is 8.85. The van der Waals surface area contributed by atoms with Gasteiger partial charge in [-0.3, -0.25) is 4.18 Å². The lowest BCUT2D eigenvalue weighted by molar-refractivity contribution is 0.336. The molecule has 1 rings (SSSR count). The molecule has 0 fully saturated rings. The monoisotopic (exact) mass is 236 g/mol. The van der Waals surface area contributed by atoms with Crippen LogP contribution in [0, 0.1) is 11.6 Å². The van der Waals surface area contributed by atoms with Crippen LogP contribution in [0.15, 0.2) is 18.2 Å². The van der Waals surface area contributed by atoms with E-state index >= 15 is 0 Å². The van der Waals surface area contributed by atoms with Crippen LogP contribution >= 0.6 is 0 Å². The summed E-state index contributed by atoms with van der Waals surface area (Å²) in [5, 5.41) is 0. The van der Waals surface area contributed by atoms with Gasteiger partial charge in [-0.05, 0) is 19.1 Å². The summed E-state index contributed by atoms with van der Waals surface area (Å²) >= 11 is 0. The molecule has 0 aromatic heterocycles. The number of benzene rings is 1. The molecule has 0 saturated carbocycles. The summed E-state index contributed by atoms with van der Waals surface area (Å²) in [5.41, 5.74) is -0.494. The summed E-state index contributed by atoms with van der Waals surface area (Å²) in [7, 11) is -3.91. The minimum Gasteiger partial charge on any atom is -0.270 e. The highest BCUT2D eigenvalue weighted by Gasteiger charge is 2.18. The van der Waals surface area contributed by atoms with Crippen molar-refractivity contribution in [3.63, 3.8) is 0 Å². The maximum absolute atomic E-state index is 13.1. The molecule has 84 valence electrons. The Hall–Kier alpha value is -1.01. The van der Waals surface area contributed by atoms with Crippen molar-refractivity contribution in [3.8, 4) is 0 Å². The second-order valence-corrected chi connectivity index (χ2v) is 4.45. The van der Waals surface area contributed by atoms with Crippen LogP contribution in [0.2, 0.25) is 0 Å². The van der Waals surface area contributed by atoms with Crippen molar-refractivity contribution in [2.45, 2.75) is 12.7 Å². The van der Waals surface area contributed by atoms with Crippen LogP contribution in [-0.4, -0.2) is 15.0 Å². The Morgan fingerprint density at radius 1 is 1.27 bits per heavy atom. The molecular weight excluding hydrogens is 226 g/mol. The van der Waals surface area contributed by atoms with E-state index in [1.54, 1.807) is 0 Å². The van der Waals surface area contributed by atoms with E-state index in [0.29, 0.717) is 0 Å². The van der Waals surface area contributed by atoms with Gasteiger partial charge in [0.25, 0.3) is 10.1 Å². The third kappa shape index (κ3) is 3.24. The molecule has 0 bridgehead atoms. The quantitative estimate of drug-likeness (QED) is 0.749. The first kappa shape index (κ1) is 12.1. The first-order valence-corrected chi connectivity index (χ1v) is 5.84. The van der Waals surface area contributed by atoms with Gasteiger partial charge >= 0.3 is 0 Å². The molecule has 1 aromatic carbocycles. The van der Waals surface area contributed by atoms with Crippen molar-refractivity contribution >= 4 is 10.1 Å². The minimum atomic E-state index is -3.91. The second kappa shape index (κ2) is 4.67. The van der Waals surface area contributed by atoms with E-state index in [4.69, 9.17) is 0 Å². The lowest BCUT2D eigenvalue weighted by Crippen LogP contribution is -2.11. The molecule has 0 saturated heterocycles. The number of hydrogen-bond acceptors (Lipinski definition) is 3. The van der Waals surface area contributed by atoms with Crippen LogP contribution in [0.1, 0.15) is 12.5 Å². The average Bonchev–Trinajstić information content (AvgIpc) is 2.11. The maximum atomic E-state index is 13.1. The van der Waals surface area contributed by atoms with Crippen LogP contribution in [0.4, 0.5) is 8.78 Å². The molecule has 0 unspecified atom stereocenters. The van der Waals surface area contributed by atoms with Crippen molar-refractivity contribution in [3.05, 3.63) is 35.4 Å². The van der Waals surface area contributed by atoms with Crippen molar-refractivity contribution in [1.29, 1.82) is 0 Å². The third-order valence-corrected chi connectivity index (χ3v) is 2.92. The highest BCUT2D eigenvalue weighted by molar-refractivity contribution is 7.85.